The van der Waals surface area contributed by atoms with Gasteiger partial charge in [0.15, 0.2) is 6.61 Å². The quantitative estimate of drug-likeness (QED) is 0.380. The SMILES string of the molecule is CN(Cc1ccco1)C(=O)COC(=O)c1ccccc1SCC(=O)Nc1cccc(C#N)c1. The van der Waals surface area contributed by atoms with E-state index in [0.29, 0.717) is 21.9 Å². The van der Waals surface area contributed by atoms with E-state index in [1.807, 2.05) is 6.07 Å². The second kappa shape index (κ2) is 11.5. The number of likely N-dealkylation sites (N-methyl/N-ethyl adjacent to an activating group) is 1. The Balaban J connectivity index is 1.53. The number of hydrogen-bond acceptors (Lipinski definition) is 7. The van der Waals surface area contributed by atoms with E-state index in [2.05, 4.69) is 5.32 Å². The van der Waals surface area contributed by atoms with Crippen molar-refractivity contribution in [2.45, 2.75) is 11.4 Å². The van der Waals surface area contributed by atoms with Crippen molar-refractivity contribution in [2.24, 2.45) is 0 Å². The predicted octanol–water partition coefficient (Wildman–Crippen LogP) is 3.70. The monoisotopic (exact) mass is 463 g/mol. The molecule has 0 atom stereocenters. The summed E-state index contributed by atoms with van der Waals surface area (Å²) >= 11 is 1.17. The number of amides is 2. The predicted molar refractivity (Wildman–Crippen MR) is 122 cm³/mol. The standard InChI is InChI=1S/C24H21N3O5S/c1-27(14-19-8-5-11-31-19)23(29)15-32-24(30)20-9-2-3-10-21(20)33-16-22(28)26-18-7-4-6-17(12-18)13-25/h2-12H,14-16H2,1H3,(H,26,28). The van der Waals surface area contributed by atoms with E-state index in [4.69, 9.17) is 14.4 Å². The number of anilines is 1. The number of furan rings is 1. The fraction of sp³-hybridized carbons (Fsp3) is 0.167. The van der Waals surface area contributed by atoms with Crippen LogP contribution in [0, 0.1) is 11.3 Å². The maximum atomic E-state index is 12.6. The van der Waals surface area contributed by atoms with Crippen LogP contribution in [0.4, 0.5) is 5.69 Å². The molecule has 1 heterocycles. The van der Waals surface area contributed by atoms with E-state index in [1.54, 1.807) is 67.7 Å². The van der Waals surface area contributed by atoms with Crippen LogP contribution in [0.1, 0.15) is 21.7 Å². The molecule has 2 aromatic carbocycles. The minimum absolute atomic E-state index is 0.0475. The van der Waals surface area contributed by atoms with Crippen molar-refractivity contribution in [3.8, 4) is 6.07 Å². The van der Waals surface area contributed by atoms with Crippen molar-refractivity contribution in [3.05, 3.63) is 83.8 Å². The number of rotatable bonds is 9. The maximum absolute atomic E-state index is 12.6. The van der Waals surface area contributed by atoms with Crippen LogP contribution in [0.25, 0.3) is 0 Å². The first kappa shape index (κ1) is 23.6. The Kier molecular flexibility index (Phi) is 8.27. The molecule has 2 amide bonds. The Labute approximate surface area is 195 Å². The molecule has 9 heteroatoms. The van der Waals surface area contributed by atoms with Gasteiger partial charge in [-0.25, -0.2) is 4.79 Å². The van der Waals surface area contributed by atoms with Crippen LogP contribution < -0.4 is 5.32 Å². The Morgan fingerprint density at radius 3 is 2.70 bits per heavy atom. The molecule has 0 saturated carbocycles. The number of benzene rings is 2. The number of nitrogens with zero attached hydrogens (tertiary/aromatic N) is 2. The van der Waals surface area contributed by atoms with Crippen molar-refractivity contribution in [1.29, 1.82) is 5.26 Å². The molecule has 0 unspecified atom stereocenters. The molecule has 0 spiro atoms. The van der Waals surface area contributed by atoms with Gasteiger partial charge in [-0.15, -0.1) is 11.8 Å². The second-order valence-electron chi connectivity index (χ2n) is 6.93. The molecule has 1 N–H and O–H groups in total. The zero-order chi connectivity index (χ0) is 23.6. The van der Waals surface area contributed by atoms with E-state index in [9.17, 15) is 14.4 Å². The maximum Gasteiger partial charge on any atom is 0.339 e. The minimum atomic E-state index is -0.653. The zero-order valence-corrected chi connectivity index (χ0v) is 18.6. The van der Waals surface area contributed by atoms with Crippen LogP contribution >= 0.6 is 11.8 Å². The summed E-state index contributed by atoms with van der Waals surface area (Å²) < 4.78 is 10.4. The number of esters is 1. The molecule has 0 saturated heterocycles. The third-order valence-corrected chi connectivity index (χ3v) is 5.54. The fourth-order valence-corrected chi connectivity index (χ4v) is 3.65. The van der Waals surface area contributed by atoms with Gasteiger partial charge in [-0.1, -0.05) is 18.2 Å². The first-order chi connectivity index (χ1) is 16.0. The van der Waals surface area contributed by atoms with E-state index in [-0.39, 0.29) is 29.7 Å². The van der Waals surface area contributed by atoms with Crippen LogP contribution in [0.2, 0.25) is 0 Å². The highest BCUT2D eigenvalue weighted by Gasteiger charge is 2.18. The van der Waals surface area contributed by atoms with Gasteiger partial charge < -0.3 is 19.4 Å². The second-order valence-corrected chi connectivity index (χ2v) is 7.95. The van der Waals surface area contributed by atoms with Gasteiger partial charge in [-0.05, 0) is 42.5 Å². The molecule has 0 radical (unpaired) electrons. The summed E-state index contributed by atoms with van der Waals surface area (Å²) in [5.41, 5.74) is 1.23. The molecule has 3 aromatic rings. The summed E-state index contributed by atoms with van der Waals surface area (Å²) in [7, 11) is 1.59. The third-order valence-electron chi connectivity index (χ3n) is 4.47. The highest BCUT2D eigenvalue weighted by molar-refractivity contribution is 8.00. The first-order valence-corrected chi connectivity index (χ1v) is 10.9. The minimum Gasteiger partial charge on any atom is -0.467 e. The summed E-state index contributed by atoms with van der Waals surface area (Å²) in [5.74, 6) is -0.639. The summed E-state index contributed by atoms with van der Waals surface area (Å²) in [4.78, 5) is 39.1. The number of nitrogens with one attached hydrogen (secondary N) is 1. The topological polar surface area (TPSA) is 113 Å². The smallest absolute Gasteiger partial charge is 0.339 e. The van der Waals surface area contributed by atoms with Gasteiger partial charge in [0.1, 0.15) is 5.76 Å². The molecule has 0 bridgehead atoms. The number of ether oxygens (including phenoxy) is 1. The average Bonchev–Trinajstić information content (AvgIpc) is 3.34. The van der Waals surface area contributed by atoms with Gasteiger partial charge in [0.2, 0.25) is 5.91 Å². The molecule has 0 aliphatic heterocycles. The van der Waals surface area contributed by atoms with Crippen LogP contribution in [-0.2, 0) is 20.9 Å². The highest BCUT2D eigenvalue weighted by atomic mass is 32.2. The summed E-state index contributed by atoms with van der Waals surface area (Å²) in [6.45, 7) is -0.146. The highest BCUT2D eigenvalue weighted by Crippen LogP contribution is 2.24. The van der Waals surface area contributed by atoms with E-state index in [0.717, 1.165) is 0 Å². The normalized spacial score (nSPS) is 10.2. The van der Waals surface area contributed by atoms with E-state index in [1.165, 1.54) is 22.9 Å². The van der Waals surface area contributed by atoms with Crippen molar-refractivity contribution in [1.82, 2.24) is 4.90 Å². The zero-order valence-electron chi connectivity index (χ0n) is 17.8. The number of nitriles is 1. The molecule has 168 valence electrons. The van der Waals surface area contributed by atoms with Crippen molar-refractivity contribution in [3.63, 3.8) is 0 Å². The molecule has 33 heavy (non-hydrogen) atoms. The summed E-state index contributed by atoms with van der Waals surface area (Å²) in [5, 5.41) is 11.7. The van der Waals surface area contributed by atoms with Gasteiger partial charge in [0, 0.05) is 17.6 Å². The number of carbonyl (C=O) groups excluding carboxylic acids is 3. The lowest BCUT2D eigenvalue weighted by atomic mass is 10.2. The molecular formula is C24H21N3O5S. The lowest BCUT2D eigenvalue weighted by Gasteiger charge is -2.16. The van der Waals surface area contributed by atoms with Gasteiger partial charge in [-0.3, -0.25) is 9.59 Å². The van der Waals surface area contributed by atoms with Gasteiger partial charge in [0.05, 0.1) is 35.8 Å². The van der Waals surface area contributed by atoms with Gasteiger partial charge in [-0.2, -0.15) is 5.26 Å². The molecule has 1 aromatic heterocycles. The molecule has 0 aliphatic carbocycles. The van der Waals surface area contributed by atoms with Crippen LogP contribution in [-0.4, -0.2) is 42.1 Å². The van der Waals surface area contributed by atoms with Crippen molar-refractivity contribution >= 4 is 35.2 Å². The summed E-state index contributed by atoms with van der Waals surface area (Å²) in [6.07, 6.45) is 1.52. The van der Waals surface area contributed by atoms with Crippen molar-refractivity contribution in [2.75, 3.05) is 24.7 Å². The van der Waals surface area contributed by atoms with E-state index < -0.39 is 12.6 Å². The van der Waals surface area contributed by atoms with E-state index >= 15 is 0 Å². The number of thioether (sulfide) groups is 1. The first-order valence-electron chi connectivity index (χ1n) is 9.91. The lowest BCUT2D eigenvalue weighted by molar-refractivity contribution is -0.134. The number of carbonyl (C=O) groups is 3. The Bertz CT molecular complexity index is 1170. The molecule has 0 aliphatic rings. The Morgan fingerprint density at radius 1 is 1.12 bits per heavy atom. The van der Waals surface area contributed by atoms with Crippen molar-refractivity contribution < 1.29 is 23.5 Å². The van der Waals surface area contributed by atoms with Crippen LogP contribution in [0.5, 0.6) is 0 Å². The Hall–Kier alpha value is -4.03. The van der Waals surface area contributed by atoms with Gasteiger partial charge in [0.25, 0.3) is 5.91 Å². The number of hydrogen-bond donors (Lipinski definition) is 1. The third kappa shape index (κ3) is 6.98. The molecule has 3 rings (SSSR count). The Morgan fingerprint density at radius 2 is 1.94 bits per heavy atom. The summed E-state index contributed by atoms with van der Waals surface area (Å²) in [6, 6.07) is 18.8. The lowest BCUT2D eigenvalue weighted by Crippen LogP contribution is -2.30. The van der Waals surface area contributed by atoms with Gasteiger partial charge >= 0.3 is 5.97 Å². The fourth-order valence-electron chi connectivity index (χ4n) is 2.81. The largest absolute Gasteiger partial charge is 0.467 e. The van der Waals surface area contributed by atoms with Crippen LogP contribution in [0.15, 0.2) is 76.2 Å². The molecular weight excluding hydrogens is 442 g/mol. The molecule has 8 nitrogen and oxygen atoms in total. The molecule has 0 fully saturated rings. The van der Waals surface area contributed by atoms with Crippen LogP contribution in [0.3, 0.4) is 0 Å². The average molecular weight is 464 g/mol.